The second-order valence-electron chi connectivity index (χ2n) is 3.82. The summed E-state index contributed by atoms with van der Waals surface area (Å²) in [7, 11) is 0. The zero-order valence-corrected chi connectivity index (χ0v) is 9.20. The Bertz CT molecular complexity index is 348. The average molecular weight is 207 g/mol. The Morgan fingerprint density at radius 3 is 2.80 bits per heavy atom. The van der Waals surface area contributed by atoms with Gasteiger partial charge in [0.2, 0.25) is 0 Å². The number of hydrazine groups is 1. The molecule has 0 atom stereocenters. The van der Waals surface area contributed by atoms with E-state index in [9.17, 15) is 0 Å². The highest BCUT2D eigenvalue weighted by molar-refractivity contribution is 5.50. The summed E-state index contributed by atoms with van der Waals surface area (Å²) in [6.07, 6.45) is 2.53. The third-order valence-electron chi connectivity index (χ3n) is 2.59. The lowest BCUT2D eigenvalue weighted by Crippen LogP contribution is -2.26. The summed E-state index contributed by atoms with van der Waals surface area (Å²) in [4.78, 5) is 10.9. The number of aromatic nitrogens is 2. The van der Waals surface area contributed by atoms with Crippen molar-refractivity contribution in [2.24, 2.45) is 5.84 Å². The topological polar surface area (TPSA) is 67.1 Å². The smallest absolute Gasteiger partial charge is 0.145 e. The fraction of sp³-hybridized carbons (Fsp3) is 0.600. The van der Waals surface area contributed by atoms with E-state index in [1.165, 1.54) is 12.8 Å². The van der Waals surface area contributed by atoms with Gasteiger partial charge < -0.3 is 10.3 Å². The van der Waals surface area contributed by atoms with Crippen molar-refractivity contribution in [3.05, 3.63) is 11.9 Å². The van der Waals surface area contributed by atoms with Crippen molar-refractivity contribution < 1.29 is 0 Å². The van der Waals surface area contributed by atoms with Crippen LogP contribution in [0, 0.1) is 6.92 Å². The maximum Gasteiger partial charge on any atom is 0.145 e. The van der Waals surface area contributed by atoms with Crippen LogP contribution in [0.25, 0.3) is 0 Å². The van der Waals surface area contributed by atoms with E-state index in [0.717, 1.165) is 18.2 Å². The minimum absolute atomic E-state index is 0.662. The molecular formula is C10H17N5. The predicted molar refractivity (Wildman–Crippen MR) is 60.6 cm³/mol. The predicted octanol–water partition coefficient (Wildman–Crippen LogP) is 1.06. The van der Waals surface area contributed by atoms with E-state index >= 15 is 0 Å². The normalized spacial score (nSPS) is 15.1. The molecule has 1 heterocycles. The molecule has 0 spiro atoms. The first-order valence-corrected chi connectivity index (χ1v) is 5.33. The van der Waals surface area contributed by atoms with Crippen LogP contribution in [0.1, 0.15) is 25.6 Å². The summed E-state index contributed by atoms with van der Waals surface area (Å²) < 4.78 is 0. The summed E-state index contributed by atoms with van der Waals surface area (Å²) in [5.41, 5.74) is 2.57. The zero-order valence-electron chi connectivity index (χ0n) is 9.20. The second-order valence-corrected chi connectivity index (χ2v) is 3.82. The third kappa shape index (κ3) is 2.18. The lowest BCUT2D eigenvalue weighted by atomic mass is 10.4. The van der Waals surface area contributed by atoms with Crippen molar-refractivity contribution in [1.29, 1.82) is 0 Å². The van der Waals surface area contributed by atoms with Crippen LogP contribution in [0.2, 0.25) is 0 Å². The molecule has 1 saturated carbocycles. The number of nitrogens with zero attached hydrogens (tertiary/aromatic N) is 3. The van der Waals surface area contributed by atoms with Crippen LogP contribution in [0.5, 0.6) is 0 Å². The van der Waals surface area contributed by atoms with Crippen molar-refractivity contribution in [1.82, 2.24) is 9.97 Å². The van der Waals surface area contributed by atoms with Gasteiger partial charge in [0, 0.05) is 18.7 Å². The van der Waals surface area contributed by atoms with Crippen LogP contribution in [-0.2, 0) is 0 Å². The van der Waals surface area contributed by atoms with Gasteiger partial charge >= 0.3 is 0 Å². The molecule has 0 unspecified atom stereocenters. The first-order valence-electron chi connectivity index (χ1n) is 5.33. The molecule has 1 fully saturated rings. The highest BCUT2D eigenvalue weighted by atomic mass is 15.3. The Morgan fingerprint density at radius 1 is 1.53 bits per heavy atom. The molecular weight excluding hydrogens is 190 g/mol. The molecule has 82 valence electrons. The van der Waals surface area contributed by atoms with Gasteiger partial charge in [-0.3, -0.25) is 0 Å². The monoisotopic (exact) mass is 207 g/mol. The molecule has 0 aliphatic heterocycles. The van der Waals surface area contributed by atoms with Gasteiger partial charge in [0.25, 0.3) is 0 Å². The van der Waals surface area contributed by atoms with Crippen LogP contribution in [0.3, 0.4) is 0 Å². The number of rotatable bonds is 4. The Kier molecular flexibility index (Phi) is 2.73. The first kappa shape index (κ1) is 10.2. The standard InChI is InChI=1S/C10H17N5/c1-3-15(8-4-5-8)10-6-9(14-11)12-7(2)13-10/h6,8H,3-5,11H2,1-2H3,(H,12,13,14). The van der Waals surface area contributed by atoms with E-state index in [-0.39, 0.29) is 0 Å². The Labute approximate surface area is 89.7 Å². The van der Waals surface area contributed by atoms with Crippen LogP contribution in [-0.4, -0.2) is 22.6 Å². The molecule has 15 heavy (non-hydrogen) atoms. The minimum Gasteiger partial charge on any atom is -0.354 e. The number of nitrogens with one attached hydrogen (secondary N) is 1. The van der Waals surface area contributed by atoms with Gasteiger partial charge in [0.1, 0.15) is 17.5 Å². The van der Waals surface area contributed by atoms with Gasteiger partial charge in [0.05, 0.1) is 0 Å². The summed E-state index contributed by atoms with van der Waals surface area (Å²) in [5, 5.41) is 0. The van der Waals surface area contributed by atoms with Crippen LogP contribution in [0.4, 0.5) is 11.6 Å². The number of nitrogens with two attached hydrogens (primary N) is 1. The van der Waals surface area contributed by atoms with E-state index in [1.54, 1.807) is 0 Å². The minimum atomic E-state index is 0.662. The fourth-order valence-electron chi connectivity index (χ4n) is 1.77. The van der Waals surface area contributed by atoms with Crippen LogP contribution in [0.15, 0.2) is 6.07 Å². The van der Waals surface area contributed by atoms with Crippen molar-refractivity contribution in [3.8, 4) is 0 Å². The summed E-state index contributed by atoms with van der Waals surface area (Å²) in [6, 6.07) is 2.56. The third-order valence-corrected chi connectivity index (χ3v) is 2.59. The van der Waals surface area contributed by atoms with E-state index in [1.807, 2.05) is 13.0 Å². The maximum atomic E-state index is 5.36. The molecule has 0 saturated heterocycles. The second kappa shape index (κ2) is 4.02. The summed E-state index contributed by atoms with van der Waals surface area (Å²) in [5.74, 6) is 7.76. The molecule has 1 aliphatic rings. The Morgan fingerprint density at radius 2 is 2.27 bits per heavy atom. The van der Waals surface area contributed by atoms with Gasteiger partial charge in [0.15, 0.2) is 0 Å². The molecule has 5 heteroatoms. The number of aryl methyl sites for hydroxylation is 1. The molecule has 0 bridgehead atoms. The van der Waals surface area contributed by atoms with E-state index in [2.05, 4.69) is 27.2 Å². The maximum absolute atomic E-state index is 5.36. The molecule has 2 rings (SSSR count). The average Bonchev–Trinajstić information content (AvgIpc) is 3.02. The van der Waals surface area contributed by atoms with Crippen molar-refractivity contribution in [2.45, 2.75) is 32.7 Å². The number of hydrogen-bond donors (Lipinski definition) is 2. The molecule has 1 aliphatic carbocycles. The quantitative estimate of drug-likeness (QED) is 0.571. The molecule has 3 N–H and O–H groups in total. The van der Waals surface area contributed by atoms with Crippen molar-refractivity contribution in [3.63, 3.8) is 0 Å². The van der Waals surface area contributed by atoms with E-state index < -0.39 is 0 Å². The highest BCUT2D eigenvalue weighted by Crippen LogP contribution is 2.30. The molecule has 0 radical (unpaired) electrons. The Balaban J connectivity index is 2.28. The fourth-order valence-corrected chi connectivity index (χ4v) is 1.77. The largest absolute Gasteiger partial charge is 0.354 e. The molecule has 0 aromatic carbocycles. The van der Waals surface area contributed by atoms with Crippen LogP contribution < -0.4 is 16.2 Å². The van der Waals surface area contributed by atoms with Gasteiger partial charge in [-0.1, -0.05) is 0 Å². The number of anilines is 2. The molecule has 1 aromatic heterocycles. The molecule has 1 aromatic rings. The van der Waals surface area contributed by atoms with Crippen molar-refractivity contribution in [2.75, 3.05) is 16.9 Å². The summed E-state index contributed by atoms with van der Waals surface area (Å²) in [6.45, 7) is 5.00. The van der Waals surface area contributed by atoms with Gasteiger partial charge in [-0.2, -0.15) is 0 Å². The Hall–Kier alpha value is -1.36. The number of nitrogen functional groups attached to an aromatic ring is 1. The lowest BCUT2D eigenvalue weighted by molar-refractivity contribution is 0.800. The van der Waals surface area contributed by atoms with Gasteiger partial charge in [-0.15, -0.1) is 0 Å². The molecule has 0 amide bonds. The van der Waals surface area contributed by atoms with Crippen molar-refractivity contribution >= 4 is 11.6 Å². The van der Waals surface area contributed by atoms with E-state index in [4.69, 9.17) is 5.84 Å². The zero-order chi connectivity index (χ0) is 10.8. The number of hydrogen-bond acceptors (Lipinski definition) is 5. The van der Waals surface area contributed by atoms with Gasteiger partial charge in [-0.25, -0.2) is 15.8 Å². The first-order chi connectivity index (χ1) is 7.24. The molecule has 5 nitrogen and oxygen atoms in total. The summed E-state index contributed by atoms with van der Waals surface area (Å²) >= 11 is 0. The van der Waals surface area contributed by atoms with Crippen LogP contribution >= 0.6 is 0 Å². The lowest BCUT2D eigenvalue weighted by Gasteiger charge is -2.22. The SMILES string of the molecule is CCN(c1cc(NN)nc(C)n1)C1CC1. The highest BCUT2D eigenvalue weighted by Gasteiger charge is 2.29. The van der Waals surface area contributed by atoms with E-state index in [0.29, 0.717) is 11.9 Å². The van der Waals surface area contributed by atoms with Gasteiger partial charge in [-0.05, 0) is 26.7 Å².